The highest BCUT2D eigenvalue weighted by molar-refractivity contribution is 6.31. The second kappa shape index (κ2) is 6.82. The van der Waals surface area contributed by atoms with Crippen molar-refractivity contribution in [3.05, 3.63) is 28.3 Å². The predicted octanol–water partition coefficient (Wildman–Crippen LogP) is 0.557. The summed E-state index contributed by atoms with van der Waals surface area (Å²) in [6, 6.07) is 5.23. The Hall–Kier alpha value is -0.530. The van der Waals surface area contributed by atoms with E-state index in [0.717, 1.165) is 29.3 Å². The molecule has 3 heterocycles. The van der Waals surface area contributed by atoms with Crippen LogP contribution in [0.15, 0.2) is 12.1 Å². The molecule has 1 amide bonds. The van der Waals surface area contributed by atoms with E-state index in [1.165, 1.54) is 12.8 Å². The summed E-state index contributed by atoms with van der Waals surface area (Å²) in [5, 5.41) is 3.87. The van der Waals surface area contributed by atoms with Crippen molar-refractivity contribution < 1.29 is 38.0 Å². The van der Waals surface area contributed by atoms with Gasteiger partial charge in [0.15, 0.2) is 0 Å². The third-order valence-electron chi connectivity index (χ3n) is 6.53. The zero-order valence-corrected chi connectivity index (χ0v) is 18.9. The van der Waals surface area contributed by atoms with Crippen LogP contribution >= 0.6 is 11.6 Å². The Labute approximate surface area is 178 Å². The molecule has 6 heteroatoms. The molecule has 0 aliphatic carbocycles. The average molecular weight is 491 g/mol. The quantitative estimate of drug-likeness (QED) is 0.486. The summed E-state index contributed by atoms with van der Waals surface area (Å²) >= 11 is 6.26. The molecule has 4 nitrogen and oxygen atoms in total. The van der Waals surface area contributed by atoms with E-state index in [4.69, 9.17) is 16.3 Å². The molecule has 0 aromatic heterocycles. The minimum Gasteiger partial charge on any atom is -1.00 e. The third kappa shape index (κ3) is 3.47. The second-order valence-electron chi connectivity index (χ2n) is 9.14. The topological polar surface area (TPSA) is 38.3 Å². The number of nitrogens with zero attached hydrogens (tertiary/aromatic N) is 1. The molecule has 0 spiro atoms. The number of carbonyl (C=O) groups excluding carboxylic acids is 1. The fourth-order valence-corrected chi connectivity index (χ4v) is 5.34. The molecule has 0 saturated carbocycles. The molecule has 2 unspecified atom stereocenters. The summed E-state index contributed by atoms with van der Waals surface area (Å²) in [4.78, 5) is 13.0. The maximum absolute atomic E-state index is 13.0. The first kappa shape index (κ1) is 20.2. The number of quaternary nitrogens is 1. The Morgan fingerprint density at radius 1 is 1.23 bits per heavy atom. The second-order valence-corrected chi connectivity index (χ2v) is 9.57. The summed E-state index contributed by atoms with van der Waals surface area (Å²) < 4.78 is 7.16. The van der Waals surface area contributed by atoms with E-state index in [-0.39, 0.29) is 41.5 Å². The summed E-state index contributed by atoms with van der Waals surface area (Å²) in [7, 11) is 4.67. The van der Waals surface area contributed by atoms with Crippen molar-refractivity contribution in [1.82, 2.24) is 5.32 Å². The normalized spacial score (nSPS) is 30.1. The molecule has 2 fully saturated rings. The van der Waals surface area contributed by atoms with Gasteiger partial charge < -0.3 is 38.5 Å². The molecule has 1 N–H and O–H groups in total. The van der Waals surface area contributed by atoms with Gasteiger partial charge in [-0.2, -0.15) is 0 Å². The Kier molecular flexibility index (Phi) is 5.30. The molecule has 1 aromatic carbocycles. The lowest BCUT2D eigenvalue weighted by Crippen LogP contribution is -3.00. The fourth-order valence-electron chi connectivity index (χ4n) is 5.10. The van der Waals surface area contributed by atoms with Crippen LogP contribution in [0.25, 0.3) is 0 Å². The number of rotatable bonds is 2. The molecular formula is C20H28ClIN2O2. The lowest BCUT2D eigenvalue weighted by Gasteiger charge is -2.44. The highest BCUT2D eigenvalue weighted by Gasteiger charge is 2.49. The van der Waals surface area contributed by atoms with Gasteiger partial charge >= 0.3 is 0 Å². The first-order chi connectivity index (χ1) is 11.7. The maximum atomic E-state index is 13.0. The van der Waals surface area contributed by atoms with Crippen LogP contribution < -0.4 is 34.0 Å². The van der Waals surface area contributed by atoms with E-state index in [1.807, 2.05) is 19.9 Å². The van der Waals surface area contributed by atoms with Gasteiger partial charge in [-0.05, 0) is 26.0 Å². The molecule has 0 radical (unpaired) electrons. The van der Waals surface area contributed by atoms with Gasteiger partial charge in [0.25, 0.3) is 5.91 Å². The number of fused-ring (bicyclic) bond motifs is 3. The van der Waals surface area contributed by atoms with E-state index >= 15 is 0 Å². The predicted molar refractivity (Wildman–Crippen MR) is 99.3 cm³/mol. The van der Waals surface area contributed by atoms with Gasteiger partial charge in [0.05, 0.1) is 31.7 Å². The van der Waals surface area contributed by atoms with Crippen molar-refractivity contribution in [3.63, 3.8) is 0 Å². The monoisotopic (exact) mass is 490 g/mol. The third-order valence-corrected chi connectivity index (χ3v) is 6.75. The number of hydrogen-bond acceptors (Lipinski definition) is 2. The van der Waals surface area contributed by atoms with Crippen LogP contribution in [0.2, 0.25) is 5.02 Å². The Morgan fingerprint density at radius 3 is 2.46 bits per heavy atom. The van der Waals surface area contributed by atoms with E-state index in [0.29, 0.717) is 28.4 Å². The van der Waals surface area contributed by atoms with E-state index < -0.39 is 0 Å². The highest BCUT2D eigenvalue weighted by atomic mass is 127. The number of nitrogens with one attached hydrogen (secondary N) is 1. The van der Waals surface area contributed by atoms with Crippen molar-refractivity contribution >= 4 is 17.5 Å². The standard InChI is InChI=1S/C20H27ClN2O2.HI/c1-20(2)11-12-7-13(21)8-17(18(12)25-20)19(24)22-14-9-15-5-6-16(10-14)23(15,3)4;/h7-8,14-16H,5-6,9-11H2,1-4H3;1H. The van der Waals surface area contributed by atoms with Crippen LogP contribution in [0.4, 0.5) is 0 Å². The van der Waals surface area contributed by atoms with Crippen LogP contribution in [-0.2, 0) is 6.42 Å². The number of piperidine rings is 1. The molecule has 1 aromatic rings. The van der Waals surface area contributed by atoms with Gasteiger partial charge in [-0.3, -0.25) is 4.79 Å². The van der Waals surface area contributed by atoms with Crippen LogP contribution in [0.3, 0.4) is 0 Å². The van der Waals surface area contributed by atoms with E-state index in [2.05, 4.69) is 19.4 Å². The van der Waals surface area contributed by atoms with Gasteiger partial charge in [-0.15, -0.1) is 0 Å². The number of amides is 1. The van der Waals surface area contributed by atoms with Crippen molar-refractivity contribution in [1.29, 1.82) is 0 Å². The lowest BCUT2D eigenvalue weighted by atomic mass is 9.95. The van der Waals surface area contributed by atoms with Gasteiger partial charge in [0.2, 0.25) is 0 Å². The van der Waals surface area contributed by atoms with E-state index in [9.17, 15) is 4.79 Å². The minimum atomic E-state index is -0.284. The Balaban J connectivity index is 0.00000196. The number of benzene rings is 1. The minimum absolute atomic E-state index is 0. The molecule has 144 valence electrons. The van der Waals surface area contributed by atoms with Gasteiger partial charge in [0.1, 0.15) is 11.4 Å². The Bertz CT molecular complexity index is 719. The van der Waals surface area contributed by atoms with E-state index in [1.54, 1.807) is 6.07 Å². The molecule has 26 heavy (non-hydrogen) atoms. The molecule has 2 atom stereocenters. The summed E-state index contributed by atoms with van der Waals surface area (Å²) in [5.74, 6) is 0.662. The number of halogens is 2. The maximum Gasteiger partial charge on any atom is 0.255 e. The zero-order chi connectivity index (χ0) is 18.0. The molecule has 3 aliphatic heterocycles. The molecule has 4 rings (SSSR count). The van der Waals surface area contributed by atoms with Crippen molar-refractivity contribution in [2.24, 2.45) is 0 Å². The number of carbonyl (C=O) groups is 1. The van der Waals surface area contributed by atoms with Crippen molar-refractivity contribution in [2.75, 3.05) is 14.1 Å². The Morgan fingerprint density at radius 2 is 1.85 bits per heavy atom. The SMILES string of the molecule is CC1(C)Cc2cc(Cl)cc(C(=O)NC3CC4CCC(C3)[N+]4(C)C)c2O1.[I-]. The van der Waals surface area contributed by atoms with Crippen LogP contribution in [0.5, 0.6) is 5.75 Å². The lowest BCUT2D eigenvalue weighted by molar-refractivity contribution is -0.930. The average Bonchev–Trinajstić information content (AvgIpc) is 2.84. The molecule has 3 aliphatic rings. The first-order valence-corrected chi connectivity index (χ1v) is 9.69. The van der Waals surface area contributed by atoms with Crippen molar-refractivity contribution in [2.45, 2.75) is 69.7 Å². The van der Waals surface area contributed by atoms with Crippen molar-refractivity contribution in [3.8, 4) is 5.75 Å². The van der Waals surface area contributed by atoms with Crippen LogP contribution in [0.1, 0.15) is 55.5 Å². The van der Waals surface area contributed by atoms with Gasteiger partial charge in [-0.1, -0.05) is 11.6 Å². The summed E-state index contributed by atoms with van der Waals surface area (Å²) in [6.07, 6.45) is 5.44. The summed E-state index contributed by atoms with van der Waals surface area (Å²) in [5.41, 5.74) is 1.33. The highest BCUT2D eigenvalue weighted by Crippen LogP contribution is 2.41. The van der Waals surface area contributed by atoms with Gasteiger partial charge in [0, 0.05) is 48.7 Å². The first-order valence-electron chi connectivity index (χ1n) is 9.31. The number of hydrogen-bond donors (Lipinski definition) is 1. The summed E-state index contributed by atoms with van der Waals surface area (Å²) in [6.45, 7) is 4.09. The number of ether oxygens (including phenoxy) is 1. The molecule has 2 saturated heterocycles. The molecular weight excluding hydrogens is 463 g/mol. The molecule has 2 bridgehead atoms. The largest absolute Gasteiger partial charge is 1.00 e. The van der Waals surface area contributed by atoms with Gasteiger partial charge in [-0.25, -0.2) is 0 Å². The smallest absolute Gasteiger partial charge is 0.255 e. The van der Waals surface area contributed by atoms with Crippen LogP contribution in [-0.4, -0.2) is 48.2 Å². The van der Waals surface area contributed by atoms with Crippen LogP contribution in [0, 0.1) is 0 Å². The zero-order valence-electron chi connectivity index (χ0n) is 15.9. The fraction of sp³-hybridized carbons (Fsp3) is 0.650.